The number of hydrogen-bond acceptors (Lipinski definition) is 7. The van der Waals surface area contributed by atoms with Gasteiger partial charge in [-0.15, -0.1) is 11.3 Å². The maximum Gasteiger partial charge on any atom is 0.240 e. The maximum atomic E-state index is 13.2. The number of nitrogens with zero attached hydrogens (tertiary/aromatic N) is 3. The Morgan fingerprint density at radius 1 is 1.07 bits per heavy atom. The van der Waals surface area contributed by atoms with Crippen LogP contribution < -0.4 is 4.90 Å². The minimum absolute atomic E-state index is 0.00190. The molecule has 27 heavy (non-hydrogen) atoms. The molecule has 0 spiro atoms. The molecule has 1 aliphatic heterocycles. The van der Waals surface area contributed by atoms with Gasteiger partial charge in [-0.2, -0.15) is 4.98 Å². The number of anilines is 1. The Morgan fingerprint density at radius 2 is 1.81 bits per heavy atom. The molecule has 0 unspecified atom stereocenters. The van der Waals surface area contributed by atoms with Crippen LogP contribution in [0.3, 0.4) is 0 Å². The first-order valence-corrected chi connectivity index (χ1v) is 11.3. The first-order chi connectivity index (χ1) is 13.1. The van der Waals surface area contributed by atoms with Crippen molar-refractivity contribution in [3.05, 3.63) is 47.8 Å². The molecule has 0 atom stereocenters. The van der Waals surface area contributed by atoms with Crippen LogP contribution in [-0.4, -0.2) is 51.0 Å². The molecule has 0 N–H and O–H groups in total. The fourth-order valence-corrected chi connectivity index (χ4v) is 5.15. The van der Waals surface area contributed by atoms with Crippen molar-refractivity contribution in [3.63, 3.8) is 0 Å². The quantitative estimate of drug-likeness (QED) is 0.651. The summed E-state index contributed by atoms with van der Waals surface area (Å²) in [5.74, 6) is 0.699. The molecule has 0 bridgehead atoms. The number of oxazole rings is 1. The largest absolute Gasteiger partial charge is 0.418 e. The van der Waals surface area contributed by atoms with E-state index in [1.165, 1.54) is 11.3 Å². The summed E-state index contributed by atoms with van der Waals surface area (Å²) in [6.07, 6.45) is 0. The molecule has 3 aromatic rings. The Bertz CT molecular complexity index is 990. The average Bonchev–Trinajstić information content (AvgIpc) is 3.39. The summed E-state index contributed by atoms with van der Waals surface area (Å²) in [5, 5.41) is 1.92. The monoisotopic (exact) mass is 403 g/mol. The second-order valence-corrected chi connectivity index (χ2v) is 9.16. The molecule has 0 radical (unpaired) electrons. The van der Waals surface area contributed by atoms with Gasteiger partial charge in [0.05, 0.1) is 9.77 Å². The molecule has 142 valence electrons. The Balaban J connectivity index is 1.78. The lowest BCUT2D eigenvalue weighted by Gasteiger charge is -2.33. The predicted molar refractivity (Wildman–Crippen MR) is 106 cm³/mol. The number of aromatic nitrogens is 1. The van der Waals surface area contributed by atoms with E-state index < -0.39 is 9.84 Å². The molecule has 0 aliphatic carbocycles. The normalized spacial score (nSPS) is 16.0. The van der Waals surface area contributed by atoms with Gasteiger partial charge in [0, 0.05) is 26.2 Å². The molecule has 4 rings (SSSR count). The summed E-state index contributed by atoms with van der Waals surface area (Å²) in [7, 11) is -3.76. The van der Waals surface area contributed by atoms with Gasteiger partial charge < -0.3 is 14.2 Å². The van der Waals surface area contributed by atoms with Gasteiger partial charge in [0.2, 0.25) is 26.6 Å². The van der Waals surface area contributed by atoms with Gasteiger partial charge in [0.25, 0.3) is 0 Å². The van der Waals surface area contributed by atoms with Crippen molar-refractivity contribution in [2.75, 3.05) is 37.6 Å². The summed E-state index contributed by atoms with van der Waals surface area (Å²) in [6.45, 7) is 6.28. The van der Waals surface area contributed by atoms with E-state index in [4.69, 9.17) is 4.42 Å². The van der Waals surface area contributed by atoms with Crippen LogP contribution in [0, 0.1) is 0 Å². The molecule has 1 saturated heterocycles. The summed E-state index contributed by atoms with van der Waals surface area (Å²) >= 11 is 1.48. The molecule has 1 aromatic carbocycles. The van der Waals surface area contributed by atoms with Crippen LogP contribution in [0.25, 0.3) is 10.8 Å². The molecule has 6 nitrogen and oxygen atoms in total. The molecule has 0 amide bonds. The standard InChI is InChI=1S/C19H21N3O3S2/c1-2-21-10-12-22(13-11-21)19-18(20-17(25-19)16-9-6-14-26-16)27(23,24)15-7-4-3-5-8-15/h3-9,14H,2,10-13H2,1H3. The maximum absolute atomic E-state index is 13.2. The summed E-state index contributed by atoms with van der Waals surface area (Å²) in [4.78, 5) is 9.78. The Labute approximate surface area is 163 Å². The highest BCUT2D eigenvalue weighted by Crippen LogP contribution is 2.36. The average molecular weight is 404 g/mol. The smallest absolute Gasteiger partial charge is 0.240 e. The zero-order chi connectivity index (χ0) is 18.9. The summed E-state index contributed by atoms with van der Waals surface area (Å²) in [5.41, 5.74) is 0. The number of benzene rings is 1. The second-order valence-electron chi connectivity index (χ2n) is 6.34. The van der Waals surface area contributed by atoms with Crippen LogP contribution in [0.2, 0.25) is 0 Å². The minimum Gasteiger partial charge on any atom is -0.418 e. The van der Waals surface area contributed by atoms with E-state index in [2.05, 4.69) is 16.8 Å². The van der Waals surface area contributed by atoms with Crippen LogP contribution in [0.4, 0.5) is 5.88 Å². The van der Waals surface area contributed by atoms with Crippen molar-refractivity contribution >= 4 is 27.1 Å². The lowest BCUT2D eigenvalue weighted by atomic mass is 10.3. The van der Waals surface area contributed by atoms with Crippen molar-refractivity contribution in [1.82, 2.24) is 9.88 Å². The van der Waals surface area contributed by atoms with E-state index in [-0.39, 0.29) is 9.92 Å². The molecule has 2 aromatic heterocycles. The van der Waals surface area contributed by atoms with E-state index in [0.29, 0.717) is 24.9 Å². The number of rotatable bonds is 5. The van der Waals surface area contributed by atoms with Gasteiger partial charge in [-0.05, 0) is 30.1 Å². The van der Waals surface area contributed by atoms with Crippen LogP contribution in [0.1, 0.15) is 6.92 Å². The highest BCUT2D eigenvalue weighted by Gasteiger charge is 2.32. The van der Waals surface area contributed by atoms with E-state index in [1.807, 2.05) is 22.4 Å². The second kappa shape index (κ2) is 7.46. The first kappa shape index (κ1) is 18.2. The topological polar surface area (TPSA) is 66.7 Å². The molecule has 0 saturated carbocycles. The number of sulfone groups is 1. The number of likely N-dealkylation sites (N-methyl/N-ethyl adjacent to an activating group) is 1. The highest BCUT2D eigenvalue weighted by atomic mass is 32.2. The lowest BCUT2D eigenvalue weighted by Crippen LogP contribution is -2.46. The number of thiophene rings is 1. The van der Waals surface area contributed by atoms with Gasteiger partial charge in [-0.1, -0.05) is 31.2 Å². The van der Waals surface area contributed by atoms with Crippen LogP contribution in [0.5, 0.6) is 0 Å². The van der Waals surface area contributed by atoms with E-state index in [0.717, 1.165) is 24.5 Å². The van der Waals surface area contributed by atoms with Crippen molar-refractivity contribution < 1.29 is 12.8 Å². The Morgan fingerprint density at radius 3 is 2.44 bits per heavy atom. The van der Waals surface area contributed by atoms with Gasteiger partial charge in [-0.25, -0.2) is 8.42 Å². The molecule has 1 fully saturated rings. The molecular weight excluding hydrogens is 382 g/mol. The van der Waals surface area contributed by atoms with Gasteiger partial charge in [0.1, 0.15) is 0 Å². The van der Waals surface area contributed by atoms with E-state index in [1.54, 1.807) is 30.3 Å². The number of hydrogen-bond donors (Lipinski definition) is 0. The molecular formula is C19H21N3O3S2. The molecule has 3 heterocycles. The summed E-state index contributed by atoms with van der Waals surface area (Å²) < 4.78 is 32.5. The zero-order valence-corrected chi connectivity index (χ0v) is 16.7. The minimum atomic E-state index is -3.76. The van der Waals surface area contributed by atoms with Crippen molar-refractivity contribution in [1.29, 1.82) is 0 Å². The summed E-state index contributed by atoms with van der Waals surface area (Å²) in [6, 6.07) is 12.2. The third kappa shape index (κ3) is 3.52. The van der Waals surface area contributed by atoms with Crippen LogP contribution in [0.15, 0.2) is 62.2 Å². The van der Waals surface area contributed by atoms with Crippen molar-refractivity contribution in [2.45, 2.75) is 16.8 Å². The SMILES string of the molecule is CCN1CCN(c2oc(-c3cccs3)nc2S(=O)(=O)c2ccccc2)CC1. The predicted octanol–water partition coefficient (Wildman–Crippen LogP) is 3.38. The van der Waals surface area contributed by atoms with Crippen LogP contribution >= 0.6 is 11.3 Å². The van der Waals surface area contributed by atoms with Gasteiger partial charge in [-0.3, -0.25) is 0 Å². The third-order valence-electron chi connectivity index (χ3n) is 4.73. The van der Waals surface area contributed by atoms with Crippen molar-refractivity contribution in [3.8, 4) is 10.8 Å². The first-order valence-electron chi connectivity index (χ1n) is 8.91. The fraction of sp³-hybridized carbons (Fsp3) is 0.316. The van der Waals surface area contributed by atoms with Crippen molar-refractivity contribution in [2.24, 2.45) is 0 Å². The van der Waals surface area contributed by atoms with Gasteiger partial charge in [0.15, 0.2) is 0 Å². The van der Waals surface area contributed by atoms with E-state index in [9.17, 15) is 8.42 Å². The Kier molecular flexibility index (Phi) is 5.03. The lowest BCUT2D eigenvalue weighted by molar-refractivity contribution is 0.266. The highest BCUT2D eigenvalue weighted by molar-refractivity contribution is 7.91. The van der Waals surface area contributed by atoms with E-state index >= 15 is 0 Å². The third-order valence-corrected chi connectivity index (χ3v) is 7.25. The fourth-order valence-electron chi connectivity index (χ4n) is 3.16. The number of piperazine rings is 1. The Hall–Kier alpha value is -2.16. The van der Waals surface area contributed by atoms with Gasteiger partial charge >= 0.3 is 0 Å². The van der Waals surface area contributed by atoms with Crippen LogP contribution in [-0.2, 0) is 9.84 Å². The molecule has 8 heteroatoms. The zero-order valence-electron chi connectivity index (χ0n) is 15.0. The molecule has 1 aliphatic rings.